The normalized spacial score (nSPS) is 15.0. The summed E-state index contributed by atoms with van der Waals surface area (Å²) in [5, 5.41) is 8.37. The van der Waals surface area contributed by atoms with Gasteiger partial charge in [0.1, 0.15) is 0 Å². The second-order valence-electron chi connectivity index (χ2n) is 6.88. The number of ether oxygens (including phenoxy) is 1. The molecule has 31 heavy (non-hydrogen) atoms. The zero-order valence-corrected chi connectivity index (χ0v) is 18.6. The van der Waals surface area contributed by atoms with Crippen LogP contribution in [0.15, 0.2) is 47.4 Å². The summed E-state index contributed by atoms with van der Waals surface area (Å²) in [7, 11) is 0. The predicted octanol–water partition coefficient (Wildman–Crippen LogP) is 3.94. The minimum atomic E-state index is -0.550. The molecule has 0 radical (unpaired) electrons. The molecular weight excluding hydrogens is 438 g/mol. The summed E-state index contributed by atoms with van der Waals surface area (Å²) in [6.07, 6.45) is 0.735. The molecule has 0 aromatic heterocycles. The average Bonchev–Trinajstić information content (AvgIpc) is 2.74. The molecule has 0 saturated heterocycles. The lowest BCUT2D eigenvalue weighted by Gasteiger charge is -2.23. The summed E-state index contributed by atoms with van der Waals surface area (Å²) in [6.45, 7) is 3.68. The van der Waals surface area contributed by atoms with Crippen molar-refractivity contribution < 1.29 is 19.1 Å². The van der Waals surface area contributed by atoms with Crippen LogP contribution in [0.3, 0.4) is 0 Å². The van der Waals surface area contributed by atoms with Gasteiger partial charge in [0, 0.05) is 47.3 Å². The number of fused-ring (bicyclic) bond motifs is 1. The van der Waals surface area contributed by atoms with E-state index in [1.165, 1.54) is 11.8 Å². The maximum absolute atomic E-state index is 12.5. The Morgan fingerprint density at radius 3 is 2.87 bits per heavy atom. The minimum absolute atomic E-state index is 0.00637. The topological polar surface area (TPSA) is 96.5 Å². The zero-order valence-electron chi connectivity index (χ0n) is 17.1. The summed E-state index contributed by atoms with van der Waals surface area (Å²) < 4.78 is 5.24. The van der Waals surface area contributed by atoms with Gasteiger partial charge in [-0.3, -0.25) is 14.4 Å². The van der Waals surface area contributed by atoms with Crippen molar-refractivity contribution in [2.75, 3.05) is 30.4 Å². The van der Waals surface area contributed by atoms with Gasteiger partial charge < -0.3 is 20.7 Å². The molecule has 1 atom stereocenters. The number of hydrogen-bond acceptors (Lipinski definition) is 5. The summed E-state index contributed by atoms with van der Waals surface area (Å²) in [5.74, 6) is -0.764. The van der Waals surface area contributed by atoms with Crippen molar-refractivity contribution in [3.8, 4) is 0 Å². The number of thioether (sulfide) groups is 1. The number of rotatable bonds is 9. The molecule has 0 spiro atoms. The maximum Gasteiger partial charge on any atom is 0.251 e. The Labute approximate surface area is 190 Å². The van der Waals surface area contributed by atoms with Crippen LogP contribution in [0, 0.1) is 0 Å². The van der Waals surface area contributed by atoms with E-state index in [9.17, 15) is 14.4 Å². The minimum Gasteiger partial charge on any atom is -0.382 e. The number of nitrogens with one attached hydrogen (secondary N) is 3. The molecule has 0 aliphatic carbocycles. The largest absolute Gasteiger partial charge is 0.382 e. The molecule has 2 aromatic carbocycles. The van der Waals surface area contributed by atoms with Crippen LogP contribution in [0.5, 0.6) is 0 Å². The Balaban J connectivity index is 1.53. The molecule has 3 rings (SSSR count). The van der Waals surface area contributed by atoms with Gasteiger partial charge in [-0.1, -0.05) is 17.7 Å². The highest BCUT2D eigenvalue weighted by Crippen LogP contribution is 2.38. The lowest BCUT2D eigenvalue weighted by Crippen LogP contribution is -2.32. The van der Waals surface area contributed by atoms with Crippen molar-refractivity contribution in [1.82, 2.24) is 5.32 Å². The molecule has 1 aliphatic rings. The summed E-state index contributed by atoms with van der Waals surface area (Å²) in [4.78, 5) is 38.0. The van der Waals surface area contributed by atoms with Gasteiger partial charge in [-0.25, -0.2) is 0 Å². The molecule has 1 aliphatic heterocycles. The standard InChI is InChI=1S/C22H24ClN3O4S/c1-2-30-10-4-9-24-21(28)14-5-3-6-16(11-14)25-20(27)13-19-22(29)26-17-12-15(23)7-8-18(17)31-19/h3,5-8,11-12,19H,2,4,9-10,13H2,1H3,(H,24,28)(H,25,27)(H,26,29). The number of carbonyl (C=O) groups excluding carboxylic acids is 3. The smallest absolute Gasteiger partial charge is 0.251 e. The molecule has 0 bridgehead atoms. The first kappa shape index (κ1) is 23.1. The Morgan fingerprint density at radius 2 is 2.06 bits per heavy atom. The van der Waals surface area contributed by atoms with Crippen molar-refractivity contribution in [2.24, 2.45) is 0 Å². The fourth-order valence-corrected chi connectivity index (χ4v) is 4.26. The summed E-state index contributed by atoms with van der Waals surface area (Å²) in [6, 6.07) is 12.0. The van der Waals surface area contributed by atoms with E-state index in [4.69, 9.17) is 16.3 Å². The first-order chi connectivity index (χ1) is 15.0. The van der Waals surface area contributed by atoms with Crippen LogP contribution in [-0.4, -0.2) is 42.7 Å². The lowest BCUT2D eigenvalue weighted by molar-refractivity contribution is -0.120. The monoisotopic (exact) mass is 461 g/mol. The molecule has 1 unspecified atom stereocenters. The van der Waals surface area contributed by atoms with Crippen LogP contribution < -0.4 is 16.0 Å². The van der Waals surface area contributed by atoms with E-state index >= 15 is 0 Å². The van der Waals surface area contributed by atoms with Crippen molar-refractivity contribution >= 4 is 52.5 Å². The molecular formula is C22H24ClN3O4S. The van der Waals surface area contributed by atoms with Crippen LogP contribution in [0.4, 0.5) is 11.4 Å². The Hall–Kier alpha value is -2.55. The van der Waals surface area contributed by atoms with Crippen molar-refractivity contribution in [3.63, 3.8) is 0 Å². The van der Waals surface area contributed by atoms with Crippen LogP contribution in [0.1, 0.15) is 30.1 Å². The van der Waals surface area contributed by atoms with Gasteiger partial charge in [0.2, 0.25) is 11.8 Å². The third kappa shape index (κ3) is 6.72. The third-order valence-corrected chi connectivity index (χ3v) is 6.01. The van der Waals surface area contributed by atoms with Crippen LogP contribution >= 0.6 is 23.4 Å². The number of carbonyl (C=O) groups is 3. The molecule has 9 heteroatoms. The van der Waals surface area contributed by atoms with Crippen LogP contribution in [0.25, 0.3) is 0 Å². The number of hydrogen-bond donors (Lipinski definition) is 3. The van der Waals surface area contributed by atoms with Gasteiger partial charge >= 0.3 is 0 Å². The van der Waals surface area contributed by atoms with E-state index in [1.807, 2.05) is 13.0 Å². The number of benzene rings is 2. The third-order valence-electron chi connectivity index (χ3n) is 4.50. The molecule has 3 N–H and O–H groups in total. The molecule has 0 saturated carbocycles. The van der Waals surface area contributed by atoms with E-state index in [1.54, 1.807) is 36.4 Å². The zero-order chi connectivity index (χ0) is 22.2. The predicted molar refractivity (Wildman–Crippen MR) is 123 cm³/mol. The molecule has 1 heterocycles. The summed E-state index contributed by atoms with van der Waals surface area (Å²) >= 11 is 7.29. The second kappa shape index (κ2) is 11.2. The molecule has 3 amide bonds. The first-order valence-electron chi connectivity index (χ1n) is 9.99. The average molecular weight is 462 g/mol. The maximum atomic E-state index is 12.5. The number of halogens is 1. The molecule has 7 nitrogen and oxygen atoms in total. The van der Waals surface area contributed by atoms with Gasteiger partial charge in [-0.2, -0.15) is 0 Å². The fourth-order valence-electron chi connectivity index (χ4n) is 3.00. The molecule has 0 fully saturated rings. The number of amides is 3. The Morgan fingerprint density at radius 1 is 1.23 bits per heavy atom. The Kier molecular flexibility index (Phi) is 8.34. The Bertz CT molecular complexity index is 970. The van der Waals surface area contributed by atoms with Gasteiger partial charge in [0.15, 0.2) is 0 Å². The first-order valence-corrected chi connectivity index (χ1v) is 11.2. The highest BCUT2D eigenvalue weighted by atomic mass is 35.5. The van der Waals surface area contributed by atoms with Crippen LogP contribution in [-0.2, 0) is 14.3 Å². The van der Waals surface area contributed by atoms with Gasteiger partial charge in [-0.05, 0) is 49.7 Å². The van der Waals surface area contributed by atoms with Gasteiger partial charge in [-0.15, -0.1) is 11.8 Å². The van der Waals surface area contributed by atoms with E-state index < -0.39 is 5.25 Å². The summed E-state index contributed by atoms with van der Waals surface area (Å²) in [5.41, 5.74) is 1.60. The van der Waals surface area contributed by atoms with Crippen molar-refractivity contribution in [1.29, 1.82) is 0 Å². The van der Waals surface area contributed by atoms with E-state index in [0.717, 1.165) is 11.3 Å². The number of anilines is 2. The molecule has 164 valence electrons. The van der Waals surface area contributed by atoms with E-state index in [0.29, 0.717) is 41.7 Å². The SMILES string of the molecule is CCOCCCNC(=O)c1cccc(NC(=O)CC2Sc3ccc(Cl)cc3NC2=O)c1. The highest BCUT2D eigenvalue weighted by molar-refractivity contribution is 8.01. The van der Waals surface area contributed by atoms with Gasteiger partial charge in [0.25, 0.3) is 5.91 Å². The second-order valence-corrected chi connectivity index (χ2v) is 8.56. The van der Waals surface area contributed by atoms with Crippen molar-refractivity contribution in [2.45, 2.75) is 29.9 Å². The van der Waals surface area contributed by atoms with Gasteiger partial charge in [0.05, 0.1) is 10.9 Å². The molecule has 2 aromatic rings. The highest BCUT2D eigenvalue weighted by Gasteiger charge is 2.29. The lowest BCUT2D eigenvalue weighted by atomic mass is 10.1. The van der Waals surface area contributed by atoms with Crippen molar-refractivity contribution in [3.05, 3.63) is 53.1 Å². The van der Waals surface area contributed by atoms with Crippen LogP contribution in [0.2, 0.25) is 5.02 Å². The quantitative estimate of drug-likeness (QED) is 0.491. The van der Waals surface area contributed by atoms with E-state index in [2.05, 4.69) is 16.0 Å². The van der Waals surface area contributed by atoms with E-state index in [-0.39, 0.29) is 24.1 Å². The fraction of sp³-hybridized carbons (Fsp3) is 0.318.